The van der Waals surface area contributed by atoms with Crippen molar-refractivity contribution in [3.8, 4) is 0 Å². The van der Waals surface area contributed by atoms with Gasteiger partial charge in [0.1, 0.15) is 0 Å². The molecule has 4 heteroatoms. The fourth-order valence-corrected chi connectivity index (χ4v) is 4.91. The van der Waals surface area contributed by atoms with Crippen LogP contribution in [0.4, 0.5) is 5.69 Å². The highest BCUT2D eigenvalue weighted by atomic mass is 79.9. The summed E-state index contributed by atoms with van der Waals surface area (Å²) < 4.78 is 0.971. The summed E-state index contributed by atoms with van der Waals surface area (Å²) in [6.07, 6.45) is 3.32. The number of hydrogen-bond acceptors (Lipinski definition) is 2. The quantitative estimate of drug-likeness (QED) is 0.659. The van der Waals surface area contributed by atoms with E-state index in [0.29, 0.717) is 5.92 Å². The number of amides is 2. The zero-order valence-electron chi connectivity index (χ0n) is 14.8. The van der Waals surface area contributed by atoms with Crippen LogP contribution >= 0.6 is 15.9 Å². The van der Waals surface area contributed by atoms with Crippen LogP contribution in [-0.2, 0) is 16.0 Å². The Morgan fingerprint density at radius 3 is 2.46 bits per heavy atom. The molecule has 0 radical (unpaired) electrons. The molecule has 2 aliphatic rings. The van der Waals surface area contributed by atoms with Gasteiger partial charge in [-0.05, 0) is 60.9 Å². The third kappa shape index (κ3) is 2.90. The summed E-state index contributed by atoms with van der Waals surface area (Å²) in [6.45, 7) is 2.05. The molecule has 3 nitrogen and oxygen atoms in total. The molecule has 1 aliphatic carbocycles. The standard InChI is InChI=1S/C22H22BrNO2/c1-2-14-12-17(23)9-11-20(14)24-21(25)18-10-8-16(13-19(18)22(24)26)15-6-4-3-5-7-15/h3-7,9,11-12,16,18-19H,2,8,10,13H2,1H3. The Balaban J connectivity index is 1.64. The van der Waals surface area contributed by atoms with Gasteiger partial charge in [0.2, 0.25) is 11.8 Å². The summed E-state index contributed by atoms with van der Waals surface area (Å²) in [7, 11) is 0. The molecular weight excluding hydrogens is 390 g/mol. The second kappa shape index (κ2) is 6.99. The number of carbonyl (C=O) groups excluding carboxylic acids is 2. The maximum absolute atomic E-state index is 13.2. The SMILES string of the molecule is CCc1cc(Br)ccc1N1C(=O)C2CCC(c3ccccc3)CC2C1=O. The molecule has 0 aromatic heterocycles. The molecule has 3 atom stereocenters. The second-order valence-electron chi connectivity index (χ2n) is 7.27. The van der Waals surface area contributed by atoms with E-state index in [2.05, 4.69) is 35.0 Å². The van der Waals surface area contributed by atoms with Crippen molar-refractivity contribution in [1.82, 2.24) is 0 Å². The number of aryl methyl sites for hydroxylation is 1. The monoisotopic (exact) mass is 411 g/mol. The lowest BCUT2D eigenvalue weighted by Crippen LogP contribution is -2.31. The van der Waals surface area contributed by atoms with Crippen molar-refractivity contribution < 1.29 is 9.59 Å². The van der Waals surface area contributed by atoms with Gasteiger partial charge in [-0.25, -0.2) is 4.90 Å². The Bertz CT molecular complexity index is 848. The minimum absolute atomic E-state index is 0.0106. The first kappa shape index (κ1) is 17.5. The normalized spacial score (nSPS) is 25.5. The van der Waals surface area contributed by atoms with Crippen molar-refractivity contribution in [2.45, 2.75) is 38.5 Å². The van der Waals surface area contributed by atoms with E-state index < -0.39 is 0 Å². The van der Waals surface area contributed by atoms with Gasteiger partial charge in [0.05, 0.1) is 17.5 Å². The van der Waals surface area contributed by atoms with Gasteiger partial charge in [-0.3, -0.25) is 9.59 Å². The summed E-state index contributed by atoms with van der Waals surface area (Å²) in [5.74, 6) is -0.00322. The Morgan fingerprint density at radius 1 is 1.00 bits per heavy atom. The van der Waals surface area contributed by atoms with Gasteiger partial charge in [-0.1, -0.05) is 53.2 Å². The zero-order valence-corrected chi connectivity index (χ0v) is 16.4. The number of carbonyl (C=O) groups is 2. The predicted octanol–water partition coefficient (Wildman–Crippen LogP) is 5.08. The molecule has 0 bridgehead atoms. The molecule has 1 aliphatic heterocycles. The molecule has 0 spiro atoms. The van der Waals surface area contributed by atoms with Crippen LogP contribution in [0, 0.1) is 11.8 Å². The first-order valence-corrected chi connectivity index (χ1v) is 10.1. The predicted molar refractivity (Wildman–Crippen MR) is 106 cm³/mol. The largest absolute Gasteiger partial charge is 0.274 e. The average Bonchev–Trinajstić information content (AvgIpc) is 2.92. The average molecular weight is 412 g/mol. The minimum Gasteiger partial charge on any atom is -0.274 e. The van der Waals surface area contributed by atoms with Crippen LogP contribution < -0.4 is 4.90 Å². The molecule has 4 rings (SSSR count). The molecule has 2 aromatic rings. The molecule has 1 saturated carbocycles. The first-order valence-electron chi connectivity index (χ1n) is 9.31. The first-order chi connectivity index (χ1) is 12.6. The van der Waals surface area contributed by atoms with Crippen LogP contribution in [0.3, 0.4) is 0 Å². The van der Waals surface area contributed by atoms with Crippen LogP contribution in [0.15, 0.2) is 53.0 Å². The summed E-state index contributed by atoms with van der Waals surface area (Å²) >= 11 is 3.48. The molecule has 1 heterocycles. The summed E-state index contributed by atoms with van der Waals surface area (Å²) in [4.78, 5) is 27.7. The Labute approximate surface area is 162 Å². The topological polar surface area (TPSA) is 37.4 Å². The summed E-state index contributed by atoms with van der Waals surface area (Å²) in [6, 6.07) is 16.2. The summed E-state index contributed by atoms with van der Waals surface area (Å²) in [5.41, 5.74) is 3.07. The molecule has 2 fully saturated rings. The maximum Gasteiger partial charge on any atom is 0.237 e. The van der Waals surface area contributed by atoms with Gasteiger partial charge in [-0.15, -0.1) is 0 Å². The molecule has 134 valence electrons. The second-order valence-corrected chi connectivity index (χ2v) is 8.19. The van der Waals surface area contributed by atoms with E-state index in [0.717, 1.165) is 41.4 Å². The maximum atomic E-state index is 13.2. The van der Waals surface area contributed by atoms with Gasteiger partial charge in [0.25, 0.3) is 0 Å². The Hall–Kier alpha value is -1.94. The van der Waals surface area contributed by atoms with Crippen molar-refractivity contribution >= 4 is 33.4 Å². The molecule has 2 aromatic carbocycles. The third-order valence-electron chi connectivity index (χ3n) is 5.86. The van der Waals surface area contributed by atoms with E-state index >= 15 is 0 Å². The Morgan fingerprint density at radius 2 is 1.73 bits per heavy atom. The number of imide groups is 1. The van der Waals surface area contributed by atoms with Gasteiger partial charge >= 0.3 is 0 Å². The lowest BCUT2D eigenvalue weighted by atomic mass is 9.73. The number of rotatable bonds is 3. The molecular formula is C22H22BrNO2. The molecule has 1 saturated heterocycles. The van der Waals surface area contributed by atoms with E-state index in [1.807, 2.05) is 36.4 Å². The number of halogens is 1. The summed E-state index contributed by atoms with van der Waals surface area (Å²) in [5, 5.41) is 0. The third-order valence-corrected chi connectivity index (χ3v) is 6.35. The van der Waals surface area contributed by atoms with Crippen molar-refractivity contribution in [2.75, 3.05) is 4.90 Å². The van der Waals surface area contributed by atoms with Crippen molar-refractivity contribution in [2.24, 2.45) is 11.8 Å². The fraction of sp³-hybridized carbons (Fsp3) is 0.364. The fourth-order valence-electron chi connectivity index (χ4n) is 4.50. The zero-order chi connectivity index (χ0) is 18.3. The number of fused-ring (bicyclic) bond motifs is 1. The Kier molecular flexibility index (Phi) is 4.70. The molecule has 26 heavy (non-hydrogen) atoms. The van der Waals surface area contributed by atoms with Crippen LogP contribution in [0.1, 0.15) is 43.2 Å². The minimum atomic E-state index is -0.185. The van der Waals surface area contributed by atoms with Crippen molar-refractivity contribution in [3.05, 3.63) is 64.1 Å². The number of anilines is 1. The number of nitrogens with zero attached hydrogens (tertiary/aromatic N) is 1. The van der Waals surface area contributed by atoms with Crippen LogP contribution in [0.5, 0.6) is 0 Å². The lowest BCUT2D eigenvalue weighted by Gasteiger charge is -2.28. The molecule has 3 unspecified atom stereocenters. The number of hydrogen-bond donors (Lipinski definition) is 0. The van der Waals surface area contributed by atoms with Crippen LogP contribution in [0.25, 0.3) is 0 Å². The highest BCUT2D eigenvalue weighted by Gasteiger charge is 2.51. The van der Waals surface area contributed by atoms with Gasteiger partial charge < -0.3 is 0 Å². The van der Waals surface area contributed by atoms with Crippen molar-refractivity contribution in [1.29, 1.82) is 0 Å². The van der Waals surface area contributed by atoms with Crippen molar-refractivity contribution in [3.63, 3.8) is 0 Å². The van der Waals surface area contributed by atoms with E-state index in [1.54, 1.807) is 0 Å². The van der Waals surface area contributed by atoms with E-state index in [9.17, 15) is 9.59 Å². The van der Waals surface area contributed by atoms with Crippen LogP contribution in [0.2, 0.25) is 0 Å². The van der Waals surface area contributed by atoms with Crippen LogP contribution in [-0.4, -0.2) is 11.8 Å². The lowest BCUT2D eigenvalue weighted by molar-refractivity contribution is -0.122. The van der Waals surface area contributed by atoms with Gasteiger partial charge in [-0.2, -0.15) is 0 Å². The highest BCUT2D eigenvalue weighted by Crippen LogP contribution is 2.46. The smallest absolute Gasteiger partial charge is 0.237 e. The number of benzene rings is 2. The van der Waals surface area contributed by atoms with Gasteiger partial charge in [0.15, 0.2) is 0 Å². The highest BCUT2D eigenvalue weighted by molar-refractivity contribution is 9.10. The van der Waals surface area contributed by atoms with E-state index in [1.165, 1.54) is 10.5 Å². The molecule has 2 amide bonds. The van der Waals surface area contributed by atoms with E-state index in [4.69, 9.17) is 0 Å². The molecule has 0 N–H and O–H groups in total. The van der Waals surface area contributed by atoms with E-state index in [-0.39, 0.29) is 23.7 Å². The van der Waals surface area contributed by atoms with Gasteiger partial charge in [0, 0.05) is 4.47 Å².